The third-order valence-electron chi connectivity index (χ3n) is 0.818. The van der Waals surface area contributed by atoms with Gasteiger partial charge in [-0.3, -0.25) is 0 Å². The monoisotopic (exact) mass is 112 g/mol. The lowest BCUT2D eigenvalue weighted by molar-refractivity contribution is -0.0355. The predicted molar refractivity (Wildman–Crippen MR) is 30.3 cm³/mol. The van der Waals surface area contributed by atoms with Gasteiger partial charge in [-0.2, -0.15) is 0 Å². The maximum atomic E-state index is 5.38. The SMILES string of the molecule is CN1C=C(N)C=CO1. The summed E-state index contributed by atoms with van der Waals surface area (Å²) >= 11 is 0. The highest BCUT2D eigenvalue weighted by molar-refractivity contribution is 5.13. The maximum Gasteiger partial charge on any atom is 0.121 e. The molecule has 0 amide bonds. The third kappa shape index (κ3) is 0.932. The van der Waals surface area contributed by atoms with E-state index in [1.165, 1.54) is 11.3 Å². The van der Waals surface area contributed by atoms with Gasteiger partial charge in [0.25, 0.3) is 0 Å². The van der Waals surface area contributed by atoms with E-state index in [4.69, 9.17) is 10.6 Å². The van der Waals surface area contributed by atoms with Crippen molar-refractivity contribution in [3.05, 3.63) is 24.2 Å². The van der Waals surface area contributed by atoms with Gasteiger partial charge in [-0.1, -0.05) is 0 Å². The zero-order valence-electron chi connectivity index (χ0n) is 4.66. The van der Waals surface area contributed by atoms with Crippen LogP contribution in [0.15, 0.2) is 24.2 Å². The molecule has 1 heterocycles. The molecule has 3 heteroatoms. The molecule has 2 N–H and O–H groups in total. The van der Waals surface area contributed by atoms with E-state index in [1.54, 1.807) is 19.3 Å². The zero-order chi connectivity index (χ0) is 5.98. The molecule has 0 saturated carbocycles. The Hall–Kier alpha value is -1.12. The third-order valence-corrected chi connectivity index (χ3v) is 0.818. The molecule has 0 saturated heterocycles. The van der Waals surface area contributed by atoms with E-state index >= 15 is 0 Å². The van der Waals surface area contributed by atoms with Gasteiger partial charge in [-0.25, -0.2) is 5.06 Å². The molecule has 0 spiro atoms. The summed E-state index contributed by atoms with van der Waals surface area (Å²) in [6.45, 7) is 0. The van der Waals surface area contributed by atoms with Crippen LogP contribution in [0.5, 0.6) is 0 Å². The van der Waals surface area contributed by atoms with E-state index in [1.807, 2.05) is 0 Å². The Kier molecular flexibility index (Phi) is 1.12. The van der Waals surface area contributed by atoms with Crippen LogP contribution in [-0.2, 0) is 4.84 Å². The molecule has 0 aromatic rings. The average molecular weight is 112 g/mol. The van der Waals surface area contributed by atoms with Gasteiger partial charge in [-0.15, -0.1) is 0 Å². The molecular weight excluding hydrogens is 104 g/mol. The minimum absolute atomic E-state index is 0.707. The second kappa shape index (κ2) is 1.78. The Labute approximate surface area is 48.0 Å². The summed E-state index contributed by atoms with van der Waals surface area (Å²) in [5, 5.41) is 1.54. The number of hydrogen-bond donors (Lipinski definition) is 1. The minimum atomic E-state index is 0.707. The molecule has 0 bridgehead atoms. The summed E-state index contributed by atoms with van der Waals surface area (Å²) in [5.41, 5.74) is 6.08. The highest BCUT2D eigenvalue weighted by atomic mass is 16.7. The van der Waals surface area contributed by atoms with Gasteiger partial charge in [0.15, 0.2) is 0 Å². The minimum Gasteiger partial charge on any atom is -0.397 e. The number of rotatable bonds is 0. The van der Waals surface area contributed by atoms with Gasteiger partial charge in [0.2, 0.25) is 0 Å². The van der Waals surface area contributed by atoms with Crippen molar-refractivity contribution in [1.29, 1.82) is 0 Å². The van der Waals surface area contributed by atoms with E-state index in [2.05, 4.69) is 0 Å². The molecule has 0 aliphatic carbocycles. The maximum absolute atomic E-state index is 5.38. The standard InChI is InChI=1S/C5H8N2O/c1-7-4-5(6)2-3-8-7/h2-4H,6H2,1H3. The highest BCUT2D eigenvalue weighted by Crippen LogP contribution is 1.99. The number of allylic oxidation sites excluding steroid dienone is 1. The summed E-state index contributed by atoms with van der Waals surface area (Å²) in [6.07, 6.45) is 4.93. The number of nitrogens with zero attached hydrogens (tertiary/aromatic N) is 1. The zero-order valence-corrected chi connectivity index (χ0v) is 4.66. The number of nitrogens with two attached hydrogens (primary N) is 1. The van der Waals surface area contributed by atoms with Crippen molar-refractivity contribution < 1.29 is 4.84 Å². The smallest absolute Gasteiger partial charge is 0.121 e. The largest absolute Gasteiger partial charge is 0.397 e. The fourth-order valence-corrected chi connectivity index (χ4v) is 0.488. The second-order valence-corrected chi connectivity index (χ2v) is 1.58. The molecule has 0 unspecified atom stereocenters. The van der Waals surface area contributed by atoms with Crippen LogP contribution < -0.4 is 5.73 Å². The van der Waals surface area contributed by atoms with Crippen LogP contribution in [0.4, 0.5) is 0 Å². The van der Waals surface area contributed by atoms with Gasteiger partial charge in [0, 0.05) is 13.1 Å². The lowest BCUT2D eigenvalue weighted by Gasteiger charge is -2.15. The number of hydroxylamine groups is 2. The molecule has 0 atom stereocenters. The van der Waals surface area contributed by atoms with E-state index in [-0.39, 0.29) is 0 Å². The van der Waals surface area contributed by atoms with Crippen LogP contribution in [0.2, 0.25) is 0 Å². The molecule has 1 aliphatic heterocycles. The van der Waals surface area contributed by atoms with Gasteiger partial charge in [0.1, 0.15) is 6.26 Å². The molecule has 1 rings (SSSR count). The van der Waals surface area contributed by atoms with Gasteiger partial charge in [0.05, 0.1) is 11.9 Å². The summed E-state index contributed by atoms with van der Waals surface area (Å²) in [5.74, 6) is 0. The molecule has 3 nitrogen and oxygen atoms in total. The molecule has 0 fully saturated rings. The molecule has 0 aromatic heterocycles. The first-order valence-electron chi connectivity index (χ1n) is 2.32. The van der Waals surface area contributed by atoms with E-state index < -0.39 is 0 Å². The van der Waals surface area contributed by atoms with Crippen LogP contribution in [0, 0.1) is 0 Å². The van der Waals surface area contributed by atoms with Crippen molar-refractivity contribution in [2.45, 2.75) is 0 Å². The van der Waals surface area contributed by atoms with Crippen molar-refractivity contribution in [2.24, 2.45) is 5.73 Å². The fraction of sp³-hybridized carbons (Fsp3) is 0.200. The van der Waals surface area contributed by atoms with Crippen molar-refractivity contribution in [3.63, 3.8) is 0 Å². The fourth-order valence-electron chi connectivity index (χ4n) is 0.488. The van der Waals surface area contributed by atoms with Crippen molar-refractivity contribution in [1.82, 2.24) is 5.06 Å². The summed E-state index contributed by atoms with van der Waals surface area (Å²) in [7, 11) is 1.77. The first-order valence-corrected chi connectivity index (χ1v) is 2.32. The Morgan fingerprint density at radius 2 is 2.50 bits per heavy atom. The molecular formula is C5H8N2O. The van der Waals surface area contributed by atoms with Gasteiger partial charge in [-0.05, 0) is 0 Å². The Morgan fingerprint density at radius 3 is 2.88 bits per heavy atom. The topological polar surface area (TPSA) is 38.5 Å². The van der Waals surface area contributed by atoms with Crippen LogP contribution in [0.3, 0.4) is 0 Å². The molecule has 8 heavy (non-hydrogen) atoms. The van der Waals surface area contributed by atoms with Crippen LogP contribution in [0.1, 0.15) is 0 Å². The Bertz CT molecular complexity index is 139. The first-order chi connectivity index (χ1) is 3.79. The van der Waals surface area contributed by atoms with E-state index in [0.717, 1.165) is 0 Å². The highest BCUT2D eigenvalue weighted by Gasteiger charge is 1.94. The van der Waals surface area contributed by atoms with Crippen LogP contribution in [0.25, 0.3) is 0 Å². The Balaban J connectivity index is 2.63. The quantitative estimate of drug-likeness (QED) is 0.485. The van der Waals surface area contributed by atoms with Crippen molar-refractivity contribution in [2.75, 3.05) is 7.05 Å². The van der Waals surface area contributed by atoms with Crippen molar-refractivity contribution in [3.8, 4) is 0 Å². The summed E-state index contributed by atoms with van der Waals surface area (Å²) < 4.78 is 0. The van der Waals surface area contributed by atoms with E-state index in [9.17, 15) is 0 Å². The van der Waals surface area contributed by atoms with Gasteiger partial charge >= 0.3 is 0 Å². The molecule has 0 radical (unpaired) electrons. The van der Waals surface area contributed by atoms with Crippen molar-refractivity contribution >= 4 is 0 Å². The van der Waals surface area contributed by atoms with E-state index in [0.29, 0.717) is 5.70 Å². The van der Waals surface area contributed by atoms with Crippen LogP contribution in [-0.4, -0.2) is 12.1 Å². The lowest BCUT2D eigenvalue weighted by atomic mass is 10.4. The van der Waals surface area contributed by atoms with Gasteiger partial charge < -0.3 is 10.6 Å². The molecule has 44 valence electrons. The normalized spacial score (nSPS) is 17.6. The lowest BCUT2D eigenvalue weighted by Crippen LogP contribution is -2.14. The second-order valence-electron chi connectivity index (χ2n) is 1.58. The number of hydrogen-bond acceptors (Lipinski definition) is 3. The summed E-state index contributed by atoms with van der Waals surface area (Å²) in [6, 6.07) is 0. The van der Waals surface area contributed by atoms with Crippen LogP contribution >= 0.6 is 0 Å². The molecule has 0 aromatic carbocycles. The summed E-state index contributed by atoms with van der Waals surface area (Å²) in [4.78, 5) is 4.84. The molecule has 1 aliphatic rings. The first kappa shape index (κ1) is 5.03. The average Bonchev–Trinajstić information content (AvgIpc) is 1.64. The predicted octanol–water partition coefficient (Wildman–Crippen LogP) is 0.177. The Morgan fingerprint density at radius 1 is 1.75 bits per heavy atom.